The molecule has 1 heterocycles. The molecule has 1 aromatic rings. The third kappa shape index (κ3) is 3.95. The molecule has 19 heavy (non-hydrogen) atoms. The molecule has 106 valence electrons. The van der Waals surface area contributed by atoms with E-state index in [0.717, 1.165) is 18.2 Å². The third-order valence-electron chi connectivity index (χ3n) is 4.04. The van der Waals surface area contributed by atoms with Gasteiger partial charge in [-0.05, 0) is 51.9 Å². The van der Waals surface area contributed by atoms with Gasteiger partial charge in [0.2, 0.25) is 0 Å². The Kier molecular flexibility index (Phi) is 5.23. The zero-order chi connectivity index (χ0) is 13.7. The molecule has 0 radical (unpaired) electrons. The molecule has 0 spiro atoms. The predicted octanol–water partition coefficient (Wildman–Crippen LogP) is 2.69. The number of piperidine rings is 1. The number of para-hydroxylation sites is 1. The van der Waals surface area contributed by atoms with Crippen LogP contribution >= 0.6 is 0 Å². The molecule has 1 unspecified atom stereocenters. The Bertz CT molecular complexity index is 394. The van der Waals surface area contributed by atoms with E-state index < -0.39 is 0 Å². The van der Waals surface area contributed by atoms with E-state index in [1.54, 1.807) is 7.11 Å². The van der Waals surface area contributed by atoms with Gasteiger partial charge in [0.15, 0.2) is 0 Å². The smallest absolute Gasteiger partial charge is 0.123 e. The molecular formula is C16H26N2O. The van der Waals surface area contributed by atoms with Crippen LogP contribution in [0.1, 0.15) is 31.4 Å². The Balaban J connectivity index is 1.88. The highest BCUT2D eigenvalue weighted by Crippen LogP contribution is 2.24. The number of ether oxygens (including phenoxy) is 1. The summed E-state index contributed by atoms with van der Waals surface area (Å²) >= 11 is 0. The van der Waals surface area contributed by atoms with Crippen LogP contribution in [0.25, 0.3) is 0 Å². The molecule has 1 aliphatic heterocycles. The summed E-state index contributed by atoms with van der Waals surface area (Å²) in [6.07, 6.45) is 2.67. The molecule has 1 saturated heterocycles. The van der Waals surface area contributed by atoms with Crippen LogP contribution in [-0.4, -0.2) is 38.7 Å². The first-order chi connectivity index (χ1) is 9.20. The van der Waals surface area contributed by atoms with Gasteiger partial charge in [0.05, 0.1) is 7.11 Å². The van der Waals surface area contributed by atoms with Gasteiger partial charge in [-0.3, -0.25) is 0 Å². The summed E-state index contributed by atoms with van der Waals surface area (Å²) in [5.74, 6) is 1.75. The maximum Gasteiger partial charge on any atom is 0.123 e. The lowest BCUT2D eigenvalue weighted by molar-refractivity contribution is 0.203. The van der Waals surface area contributed by atoms with Crippen LogP contribution in [0.3, 0.4) is 0 Å². The fourth-order valence-corrected chi connectivity index (χ4v) is 2.92. The second-order valence-corrected chi connectivity index (χ2v) is 5.64. The number of rotatable bonds is 5. The van der Waals surface area contributed by atoms with Crippen molar-refractivity contribution >= 4 is 0 Å². The van der Waals surface area contributed by atoms with Crippen molar-refractivity contribution in [2.45, 2.75) is 25.8 Å². The van der Waals surface area contributed by atoms with Gasteiger partial charge in [-0.1, -0.05) is 18.2 Å². The van der Waals surface area contributed by atoms with E-state index in [9.17, 15) is 0 Å². The minimum Gasteiger partial charge on any atom is -0.496 e. The van der Waals surface area contributed by atoms with Crippen molar-refractivity contribution in [3.8, 4) is 5.75 Å². The quantitative estimate of drug-likeness (QED) is 0.883. The van der Waals surface area contributed by atoms with Crippen molar-refractivity contribution in [2.24, 2.45) is 5.92 Å². The van der Waals surface area contributed by atoms with Gasteiger partial charge >= 0.3 is 0 Å². The standard InChI is InChI=1S/C16H26N2O/c1-13(15-8-4-5-9-16(15)19-3)17-11-14-7-6-10-18(2)12-14/h4-5,8-9,13-14,17H,6-7,10-12H2,1-3H3/t13-,14?/m0/s1. The summed E-state index contributed by atoms with van der Waals surface area (Å²) in [7, 11) is 3.96. The molecule has 0 amide bonds. The molecular weight excluding hydrogens is 236 g/mol. The largest absolute Gasteiger partial charge is 0.496 e. The minimum atomic E-state index is 0.336. The van der Waals surface area contributed by atoms with Gasteiger partial charge in [-0.15, -0.1) is 0 Å². The Hall–Kier alpha value is -1.06. The van der Waals surface area contributed by atoms with Crippen molar-refractivity contribution in [3.63, 3.8) is 0 Å². The molecule has 3 heteroatoms. The predicted molar refractivity (Wildman–Crippen MR) is 79.6 cm³/mol. The lowest BCUT2D eigenvalue weighted by Gasteiger charge is -2.30. The Labute approximate surface area is 116 Å². The van der Waals surface area contributed by atoms with E-state index in [-0.39, 0.29) is 0 Å². The van der Waals surface area contributed by atoms with Crippen LogP contribution in [0.15, 0.2) is 24.3 Å². The first-order valence-electron chi connectivity index (χ1n) is 7.25. The van der Waals surface area contributed by atoms with E-state index in [0.29, 0.717) is 6.04 Å². The zero-order valence-electron chi connectivity index (χ0n) is 12.4. The molecule has 2 rings (SSSR count). The number of nitrogens with one attached hydrogen (secondary N) is 1. The van der Waals surface area contributed by atoms with Crippen molar-refractivity contribution in [2.75, 3.05) is 33.8 Å². The van der Waals surface area contributed by atoms with Gasteiger partial charge in [0.1, 0.15) is 5.75 Å². The SMILES string of the molecule is COc1ccccc1[C@H](C)NCC1CCCN(C)C1. The van der Waals surface area contributed by atoms with Crippen molar-refractivity contribution in [1.82, 2.24) is 10.2 Å². The Morgan fingerprint density at radius 2 is 2.21 bits per heavy atom. The molecule has 1 fully saturated rings. The van der Waals surface area contributed by atoms with E-state index in [4.69, 9.17) is 4.74 Å². The molecule has 0 bridgehead atoms. The number of likely N-dealkylation sites (tertiary alicyclic amines) is 1. The van der Waals surface area contributed by atoms with Crippen LogP contribution in [0.4, 0.5) is 0 Å². The average molecular weight is 262 g/mol. The van der Waals surface area contributed by atoms with Gasteiger partial charge < -0.3 is 15.0 Å². The highest BCUT2D eigenvalue weighted by Gasteiger charge is 2.18. The second kappa shape index (κ2) is 6.92. The first kappa shape index (κ1) is 14.4. The monoisotopic (exact) mass is 262 g/mol. The lowest BCUT2D eigenvalue weighted by Crippen LogP contribution is -2.38. The molecule has 1 aromatic carbocycles. The Morgan fingerprint density at radius 1 is 1.42 bits per heavy atom. The highest BCUT2D eigenvalue weighted by atomic mass is 16.5. The van der Waals surface area contributed by atoms with Crippen LogP contribution in [0.5, 0.6) is 5.75 Å². The number of methoxy groups -OCH3 is 1. The molecule has 0 aromatic heterocycles. The van der Waals surface area contributed by atoms with Crippen LogP contribution < -0.4 is 10.1 Å². The van der Waals surface area contributed by atoms with Crippen LogP contribution in [-0.2, 0) is 0 Å². The molecule has 2 atom stereocenters. The summed E-state index contributed by atoms with van der Waals surface area (Å²) < 4.78 is 5.43. The number of benzene rings is 1. The molecule has 1 N–H and O–H groups in total. The third-order valence-corrected chi connectivity index (χ3v) is 4.04. The van der Waals surface area contributed by atoms with Gasteiger partial charge in [0, 0.05) is 18.2 Å². The van der Waals surface area contributed by atoms with E-state index in [2.05, 4.69) is 36.3 Å². The molecule has 0 saturated carbocycles. The van der Waals surface area contributed by atoms with Crippen molar-refractivity contribution < 1.29 is 4.74 Å². The van der Waals surface area contributed by atoms with E-state index in [1.807, 2.05) is 12.1 Å². The maximum atomic E-state index is 5.43. The van der Waals surface area contributed by atoms with E-state index in [1.165, 1.54) is 31.5 Å². The van der Waals surface area contributed by atoms with Crippen molar-refractivity contribution in [3.05, 3.63) is 29.8 Å². The number of hydrogen-bond acceptors (Lipinski definition) is 3. The minimum absolute atomic E-state index is 0.336. The fourth-order valence-electron chi connectivity index (χ4n) is 2.92. The number of hydrogen-bond donors (Lipinski definition) is 1. The topological polar surface area (TPSA) is 24.5 Å². The van der Waals surface area contributed by atoms with Crippen LogP contribution in [0.2, 0.25) is 0 Å². The summed E-state index contributed by atoms with van der Waals surface area (Å²) in [4.78, 5) is 2.43. The molecule has 1 aliphatic rings. The first-order valence-corrected chi connectivity index (χ1v) is 7.25. The number of nitrogens with zero attached hydrogens (tertiary/aromatic N) is 1. The normalized spacial score (nSPS) is 22.2. The summed E-state index contributed by atoms with van der Waals surface area (Å²) in [5, 5.41) is 3.66. The maximum absolute atomic E-state index is 5.43. The summed E-state index contributed by atoms with van der Waals surface area (Å²) in [6.45, 7) is 5.76. The van der Waals surface area contributed by atoms with Gasteiger partial charge in [0.25, 0.3) is 0 Å². The Morgan fingerprint density at radius 3 is 2.95 bits per heavy atom. The lowest BCUT2D eigenvalue weighted by atomic mass is 9.97. The zero-order valence-corrected chi connectivity index (χ0v) is 12.4. The van der Waals surface area contributed by atoms with E-state index >= 15 is 0 Å². The molecule has 3 nitrogen and oxygen atoms in total. The second-order valence-electron chi connectivity index (χ2n) is 5.64. The highest BCUT2D eigenvalue weighted by molar-refractivity contribution is 5.35. The molecule has 0 aliphatic carbocycles. The average Bonchev–Trinajstić information content (AvgIpc) is 2.45. The summed E-state index contributed by atoms with van der Waals surface area (Å²) in [5.41, 5.74) is 1.24. The van der Waals surface area contributed by atoms with Crippen molar-refractivity contribution in [1.29, 1.82) is 0 Å². The van der Waals surface area contributed by atoms with Gasteiger partial charge in [-0.2, -0.15) is 0 Å². The van der Waals surface area contributed by atoms with Gasteiger partial charge in [-0.25, -0.2) is 0 Å². The summed E-state index contributed by atoms with van der Waals surface area (Å²) in [6, 6.07) is 8.60. The van der Waals surface area contributed by atoms with Crippen LogP contribution in [0, 0.1) is 5.92 Å². The fraction of sp³-hybridized carbons (Fsp3) is 0.625.